The predicted molar refractivity (Wildman–Crippen MR) is 69.0 cm³/mol. The topological polar surface area (TPSA) is 75.5 Å². The van der Waals surface area contributed by atoms with Gasteiger partial charge in [0.25, 0.3) is 11.6 Å². The molecule has 1 N–H and O–H groups in total. The van der Waals surface area contributed by atoms with Gasteiger partial charge in [0.2, 0.25) is 0 Å². The van der Waals surface area contributed by atoms with E-state index in [1.54, 1.807) is 0 Å². The van der Waals surface area contributed by atoms with Crippen molar-refractivity contribution in [2.45, 2.75) is 0 Å². The van der Waals surface area contributed by atoms with Crippen molar-refractivity contribution in [2.75, 3.05) is 27.2 Å². The number of amides is 1. The van der Waals surface area contributed by atoms with E-state index in [0.717, 1.165) is 0 Å². The van der Waals surface area contributed by atoms with Gasteiger partial charge in [0, 0.05) is 25.2 Å². The molecule has 1 amide bonds. The third-order valence-corrected chi connectivity index (χ3v) is 2.57. The number of rotatable bonds is 5. The zero-order valence-corrected chi connectivity index (χ0v) is 10.9. The Kier molecular flexibility index (Phi) is 5.06. The number of nitro benzene ring substituents is 1. The van der Waals surface area contributed by atoms with Gasteiger partial charge in [-0.2, -0.15) is 0 Å². The number of halogens is 1. The second-order valence-corrected chi connectivity index (χ2v) is 4.39. The zero-order valence-electron chi connectivity index (χ0n) is 10.1. The molecule has 7 heteroatoms. The number of nitrogens with one attached hydrogen (secondary N) is 1. The molecule has 0 aliphatic rings. The maximum Gasteiger partial charge on any atom is 0.270 e. The summed E-state index contributed by atoms with van der Waals surface area (Å²) in [5.41, 5.74) is 0.103. The Balaban J connectivity index is 2.72. The molecule has 1 aromatic carbocycles. The van der Waals surface area contributed by atoms with Crippen LogP contribution in [0.2, 0.25) is 5.02 Å². The molecule has 0 unspecified atom stereocenters. The highest BCUT2D eigenvalue weighted by Gasteiger charge is 2.14. The normalized spacial score (nSPS) is 10.4. The number of hydrogen-bond acceptors (Lipinski definition) is 4. The Morgan fingerprint density at radius 1 is 1.50 bits per heavy atom. The van der Waals surface area contributed by atoms with Gasteiger partial charge in [-0.15, -0.1) is 0 Å². The van der Waals surface area contributed by atoms with Crippen LogP contribution in [-0.2, 0) is 0 Å². The molecule has 98 valence electrons. The summed E-state index contributed by atoms with van der Waals surface area (Å²) in [5, 5.41) is 13.3. The average Bonchev–Trinajstić information content (AvgIpc) is 2.27. The van der Waals surface area contributed by atoms with Crippen LogP contribution in [0.25, 0.3) is 0 Å². The van der Waals surface area contributed by atoms with Gasteiger partial charge in [0.05, 0.1) is 15.5 Å². The van der Waals surface area contributed by atoms with E-state index in [1.165, 1.54) is 18.2 Å². The third kappa shape index (κ3) is 3.97. The Hall–Kier alpha value is -1.66. The Morgan fingerprint density at radius 2 is 2.17 bits per heavy atom. The quantitative estimate of drug-likeness (QED) is 0.651. The minimum atomic E-state index is -0.556. The van der Waals surface area contributed by atoms with Crippen LogP contribution in [0.1, 0.15) is 10.4 Å². The Bertz CT molecular complexity index is 463. The first-order chi connectivity index (χ1) is 8.41. The van der Waals surface area contributed by atoms with Crippen LogP contribution in [-0.4, -0.2) is 42.9 Å². The SMILES string of the molecule is CN(C)CCNC(=O)c1ccc([N+](=O)[O-])cc1Cl. The number of carbonyl (C=O) groups is 1. The van der Waals surface area contributed by atoms with Gasteiger partial charge in [0.1, 0.15) is 0 Å². The lowest BCUT2D eigenvalue weighted by Crippen LogP contribution is -2.31. The highest BCUT2D eigenvalue weighted by atomic mass is 35.5. The molecule has 1 aromatic rings. The first-order valence-corrected chi connectivity index (χ1v) is 5.66. The fourth-order valence-corrected chi connectivity index (χ4v) is 1.55. The monoisotopic (exact) mass is 271 g/mol. The number of likely N-dealkylation sites (N-methyl/N-ethyl adjacent to an activating group) is 1. The lowest BCUT2D eigenvalue weighted by atomic mass is 10.2. The number of carbonyl (C=O) groups excluding carboxylic acids is 1. The minimum Gasteiger partial charge on any atom is -0.351 e. The number of nitrogens with zero attached hydrogens (tertiary/aromatic N) is 2. The lowest BCUT2D eigenvalue weighted by Gasteiger charge is -2.10. The summed E-state index contributed by atoms with van der Waals surface area (Å²) in [7, 11) is 3.79. The van der Waals surface area contributed by atoms with Crippen LogP contribution in [0, 0.1) is 10.1 Å². The van der Waals surface area contributed by atoms with E-state index >= 15 is 0 Å². The molecular formula is C11H14ClN3O3. The van der Waals surface area contributed by atoms with Crippen LogP contribution in [0.4, 0.5) is 5.69 Å². The van der Waals surface area contributed by atoms with Crippen LogP contribution in [0.3, 0.4) is 0 Å². The fraction of sp³-hybridized carbons (Fsp3) is 0.364. The van der Waals surface area contributed by atoms with Crippen molar-refractivity contribution in [3.05, 3.63) is 38.9 Å². The molecule has 0 bridgehead atoms. The van der Waals surface area contributed by atoms with Crippen LogP contribution in [0.5, 0.6) is 0 Å². The molecule has 0 aromatic heterocycles. The van der Waals surface area contributed by atoms with Gasteiger partial charge < -0.3 is 10.2 Å². The molecule has 0 saturated carbocycles. The van der Waals surface area contributed by atoms with E-state index in [4.69, 9.17) is 11.6 Å². The smallest absolute Gasteiger partial charge is 0.270 e. The van der Waals surface area contributed by atoms with E-state index in [0.29, 0.717) is 13.1 Å². The minimum absolute atomic E-state index is 0.0755. The van der Waals surface area contributed by atoms with Crippen LogP contribution in [0.15, 0.2) is 18.2 Å². The fourth-order valence-electron chi connectivity index (χ4n) is 1.29. The van der Waals surface area contributed by atoms with Crippen molar-refractivity contribution >= 4 is 23.2 Å². The molecule has 6 nitrogen and oxygen atoms in total. The maximum atomic E-state index is 11.7. The maximum absolute atomic E-state index is 11.7. The van der Waals surface area contributed by atoms with Gasteiger partial charge in [-0.05, 0) is 20.2 Å². The molecule has 0 aliphatic heterocycles. The van der Waals surface area contributed by atoms with Gasteiger partial charge in [0.15, 0.2) is 0 Å². The number of nitro groups is 1. The standard InChI is InChI=1S/C11H14ClN3O3/c1-14(2)6-5-13-11(16)9-4-3-8(15(17)18)7-10(9)12/h3-4,7H,5-6H2,1-2H3,(H,13,16). The van der Waals surface area contributed by atoms with E-state index in [1.807, 2.05) is 19.0 Å². The summed E-state index contributed by atoms with van der Waals surface area (Å²) in [5.74, 6) is -0.336. The van der Waals surface area contributed by atoms with Crippen molar-refractivity contribution in [2.24, 2.45) is 0 Å². The molecule has 18 heavy (non-hydrogen) atoms. The summed E-state index contributed by atoms with van der Waals surface area (Å²) in [6.45, 7) is 1.19. The van der Waals surface area contributed by atoms with E-state index in [2.05, 4.69) is 5.32 Å². The van der Waals surface area contributed by atoms with Gasteiger partial charge in [-0.25, -0.2) is 0 Å². The molecule has 0 fully saturated rings. The molecule has 0 atom stereocenters. The number of non-ortho nitro benzene ring substituents is 1. The van der Waals surface area contributed by atoms with Crippen molar-refractivity contribution in [3.63, 3.8) is 0 Å². The Labute approximate surface area is 110 Å². The number of benzene rings is 1. The molecular weight excluding hydrogens is 258 g/mol. The highest BCUT2D eigenvalue weighted by Crippen LogP contribution is 2.22. The first kappa shape index (κ1) is 14.4. The largest absolute Gasteiger partial charge is 0.351 e. The summed E-state index contributed by atoms with van der Waals surface area (Å²) in [6.07, 6.45) is 0. The van der Waals surface area contributed by atoms with Gasteiger partial charge in [-0.1, -0.05) is 11.6 Å². The summed E-state index contributed by atoms with van der Waals surface area (Å²) in [4.78, 5) is 23.6. The molecule has 0 heterocycles. The first-order valence-electron chi connectivity index (χ1n) is 5.28. The second-order valence-electron chi connectivity index (χ2n) is 3.98. The van der Waals surface area contributed by atoms with Crippen molar-refractivity contribution in [3.8, 4) is 0 Å². The van der Waals surface area contributed by atoms with E-state index in [-0.39, 0.29) is 22.2 Å². The van der Waals surface area contributed by atoms with E-state index in [9.17, 15) is 14.9 Å². The number of hydrogen-bond donors (Lipinski definition) is 1. The summed E-state index contributed by atoms with van der Waals surface area (Å²) < 4.78 is 0. The molecule has 0 radical (unpaired) electrons. The highest BCUT2D eigenvalue weighted by molar-refractivity contribution is 6.34. The van der Waals surface area contributed by atoms with Crippen LogP contribution >= 0.6 is 11.6 Å². The molecule has 1 rings (SSSR count). The molecule has 0 spiro atoms. The van der Waals surface area contributed by atoms with Crippen LogP contribution < -0.4 is 5.32 Å². The Morgan fingerprint density at radius 3 is 2.67 bits per heavy atom. The van der Waals surface area contributed by atoms with Gasteiger partial charge in [-0.3, -0.25) is 14.9 Å². The lowest BCUT2D eigenvalue weighted by molar-refractivity contribution is -0.384. The average molecular weight is 272 g/mol. The zero-order chi connectivity index (χ0) is 13.7. The molecule has 0 aliphatic carbocycles. The summed E-state index contributed by atoms with van der Waals surface area (Å²) in [6, 6.07) is 3.78. The molecule has 0 saturated heterocycles. The van der Waals surface area contributed by atoms with Crippen molar-refractivity contribution in [1.82, 2.24) is 10.2 Å². The summed E-state index contributed by atoms with van der Waals surface area (Å²) >= 11 is 5.83. The second kappa shape index (κ2) is 6.32. The van der Waals surface area contributed by atoms with Crippen molar-refractivity contribution in [1.29, 1.82) is 0 Å². The third-order valence-electron chi connectivity index (χ3n) is 2.25. The predicted octanol–water partition coefficient (Wildman–Crippen LogP) is 1.54. The van der Waals surface area contributed by atoms with E-state index < -0.39 is 4.92 Å². The van der Waals surface area contributed by atoms with Gasteiger partial charge >= 0.3 is 0 Å². The van der Waals surface area contributed by atoms with Crippen molar-refractivity contribution < 1.29 is 9.72 Å².